The average molecular weight is 267 g/mol. The summed E-state index contributed by atoms with van der Waals surface area (Å²) in [6.07, 6.45) is -0.644. The van der Waals surface area contributed by atoms with E-state index in [1.807, 2.05) is 6.07 Å². The van der Waals surface area contributed by atoms with E-state index >= 15 is 0 Å². The molecule has 1 atom stereocenters. The van der Waals surface area contributed by atoms with Gasteiger partial charge in [-0.3, -0.25) is 0 Å². The quantitative estimate of drug-likeness (QED) is 0.892. The van der Waals surface area contributed by atoms with Gasteiger partial charge >= 0.3 is 6.09 Å². The number of nitrogens with zero attached hydrogens (tertiary/aromatic N) is 1. The molecule has 1 aromatic rings. The monoisotopic (exact) mass is 266 g/mol. The number of ether oxygens (including phenoxy) is 1. The highest BCUT2D eigenvalue weighted by molar-refractivity contribution is 6.31. The van der Waals surface area contributed by atoms with Crippen molar-refractivity contribution in [1.29, 1.82) is 5.26 Å². The number of alkyl carbamates (subject to hydrolysis) is 1. The fourth-order valence-electron chi connectivity index (χ4n) is 1.31. The molecule has 0 unspecified atom stereocenters. The summed E-state index contributed by atoms with van der Waals surface area (Å²) < 4.78 is 5.09. The molecule has 1 N–H and O–H groups in total. The van der Waals surface area contributed by atoms with Crippen molar-refractivity contribution < 1.29 is 9.53 Å². The topological polar surface area (TPSA) is 62.1 Å². The van der Waals surface area contributed by atoms with E-state index in [1.54, 1.807) is 45.0 Å². The van der Waals surface area contributed by atoms with Crippen molar-refractivity contribution in [1.82, 2.24) is 5.32 Å². The van der Waals surface area contributed by atoms with Gasteiger partial charge in [-0.15, -0.1) is 0 Å². The van der Waals surface area contributed by atoms with Crippen LogP contribution in [0, 0.1) is 11.3 Å². The van der Waals surface area contributed by atoms with E-state index in [1.165, 1.54) is 0 Å². The lowest BCUT2D eigenvalue weighted by atomic mass is 10.1. The molecule has 0 aliphatic carbocycles. The molecule has 0 saturated heterocycles. The Morgan fingerprint density at radius 2 is 2.06 bits per heavy atom. The average Bonchev–Trinajstić information content (AvgIpc) is 2.24. The second-order valence-electron chi connectivity index (χ2n) is 4.73. The molecule has 0 saturated carbocycles. The number of carbonyl (C=O) groups is 1. The van der Waals surface area contributed by atoms with Crippen LogP contribution in [0.4, 0.5) is 4.79 Å². The lowest BCUT2D eigenvalue weighted by Gasteiger charge is -2.21. The minimum atomic E-state index is -0.825. The standard InChI is InChI=1S/C13H15ClN2O2/c1-13(2,3)18-12(17)16-11(8-15)9-6-4-5-7-10(9)14/h4-7,11H,1-3H3,(H,16,17)/t11-/m1/s1. The molecular formula is C13H15ClN2O2. The number of carbonyl (C=O) groups excluding carboxylic acids is 1. The van der Waals surface area contributed by atoms with Crippen LogP contribution in [0.25, 0.3) is 0 Å². The first-order valence-corrected chi connectivity index (χ1v) is 5.85. The van der Waals surface area contributed by atoms with Gasteiger partial charge in [-0.25, -0.2) is 4.79 Å². The van der Waals surface area contributed by atoms with Crippen molar-refractivity contribution >= 4 is 17.7 Å². The number of hydrogen-bond acceptors (Lipinski definition) is 3. The summed E-state index contributed by atoms with van der Waals surface area (Å²) in [6.45, 7) is 5.26. The molecular weight excluding hydrogens is 252 g/mol. The first-order chi connectivity index (χ1) is 8.33. The van der Waals surface area contributed by atoms with Crippen LogP contribution in [-0.2, 0) is 4.74 Å². The van der Waals surface area contributed by atoms with Crippen molar-refractivity contribution in [2.45, 2.75) is 32.4 Å². The molecule has 0 bridgehead atoms. The van der Waals surface area contributed by atoms with Gasteiger partial charge in [-0.2, -0.15) is 5.26 Å². The van der Waals surface area contributed by atoms with Gasteiger partial charge in [-0.05, 0) is 26.8 Å². The van der Waals surface area contributed by atoms with Crippen molar-refractivity contribution in [2.24, 2.45) is 0 Å². The maximum atomic E-state index is 11.6. The molecule has 1 rings (SSSR count). The van der Waals surface area contributed by atoms with Crippen LogP contribution < -0.4 is 5.32 Å². The lowest BCUT2D eigenvalue weighted by Crippen LogP contribution is -2.34. The normalized spacial score (nSPS) is 12.4. The van der Waals surface area contributed by atoms with Gasteiger partial charge < -0.3 is 10.1 Å². The van der Waals surface area contributed by atoms with E-state index < -0.39 is 17.7 Å². The fourth-order valence-corrected chi connectivity index (χ4v) is 1.56. The Hall–Kier alpha value is -1.73. The predicted octanol–water partition coefficient (Wildman–Crippen LogP) is 3.43. The lowest BCUT2D eigenvalue weighted by molar-refractivity contribution is 0.0515. The Morgan fingerprint density at radius 3 is 2.56 bits per heavy atom. The van der Waals surface area contributed by atoms with Crippen LogP contribution in [0.1, 0.15) is 32.4 Å². The van der Waals surface area contributed by atoms with Gasteiger partial charge in [0.15, 0.2) is 0 Å². The molecule has 0 fully saturated rings. The summed E-state index contributed by atoms with van der Waals surface area (Å²) in [5.41, 5.74) is -0.0579. The molecule has 0 heterocycles. The van der Waals surface area contributed by atoms with Crippen molar-refractivity contribution in [3.8, 4) is 6.07 Å². The van der Waals surface area contributed by atoms with Crippen LogP contribution in [0.2, 0.25) is 5.02 Å². The molecule has 1 amide bonds. The minimum absolute atomic E-state index is 0.431. The summed E-state index contributed by atoms with van der Waals surface area (Å²) >= 11 is 5.97. The number of nitrogens with one attached hydrogen (secondary N) is 1. The van der Waals surface area contributed by atoms with Gasteiger partial charge in [0.2, 0.25) is 0 Å². The zero-order valence-corrected chi connectivity index (χ0v) is 11.3. The molecule has 5 heteroatoms. The Bertz CT molecular complexity index is 475. The zero-order valence-electron chi connectivity index (χ0n) is 10.5. The highest BCUT2D eigenvalue weighted by Gasteiger charge is 2.21. The third-order valence-electron chi connectivity index (χ3n) is 2.01. The van der Waals surface area contributed by atoms with Crippen molar-refractivity contribution in [3.05, 3.63) is 34.9 Å². The first kappa shape index (κ1) is 14.3. The maximum Gasteiger partial charge on any atom is 0.408 e. The highest BCUT2D eigenvalue weighted by Crippen LogP contribution is 2.22. The largest absolute Gasteiger partial charge is 0.444 e. The smallest absolute Gasteiger partial charge is 0.408 e. The Kier molecular flexibility index (Phi) is 4.57. The zero-order chi connectivity index (χ0) is 13.8. The van der Waals surface area contributed by atoms with E-state index in [2.05, 4.69) is 5.32 Å². The molecule has 1 aromatic carbocycles. The molecule has 0 radical (unpaired) electrons. The number of nitriles is 1. The van der Waals surface area contributed by atoms with Crippen LogP contribution in [0.3, 0.4) is 0 Å². The van der Waals surface area contributed by atoms with Gasteiger partial charge in [0.1, 0.15) is 11.6 Å². The van der Waals surface area contributed by atoms with Crippen LogP contribution in [0.15, 0.2) is 24.3 Å². The number of halogens is 1. The van der Waals surface area contributed by atoms with Gasteiger partial charge in [0, 0.05) is 10.6 Å². The molecule has 4 nitrogen and oxygen atoms in total. The number of benzene rings is 1. The summed E-state index contributed by atoms with van der Waals surface area (Å²) in [4.78, 5) is 11.6. The first-order valence-electron chi connectivity index (χ1n) is 5.47. The van der Waals surface area contributed by atoms with Crippen molar-refractivity contribution in [3.63, 3.8) is 0 Å². The van der Waals surface area contributed by atoms with Crippen LogP contribution >= 0.6 is 11.6 Å². The van der Waals surface area contributed by atoms with Gasteiger partial charge in [0.25, 0.3) is 0 Å². The maximum absolute atomic E-state index is 11.6. The number of amides is 1. The van der Waals surface area contributed by atoms with E-state index in [4.69, 9.17) is 21.6 Å². The van der Waals surface area contributed by atoms with E-state index in [9.17, 15) is 4.79 Å². The second-order valence-corrected chi connectivity index (χ2v) is 5.14. The summed E-state index contributed by atoms with van der Waals surface area (Å²) in [5, 5.41) is 12.0. The third-order valence-corrected chi connectivity index (χ3v) is 2.35. The SMILES string of the molecule is CC(C)(C)OC(=O)N[C@H](C#N)c1ccccc1Cl. The van der Waals surface area contributed by atoms with E-state index in [-0.39, 0.29) is 0 Å². The number of rotatable bonds is 2. The van der Waals surface area contributed by atoms with E-state index in [0.717, 1.165) is 0 Å². The van der Waals surface area contributed by atoms with E-state index in [0.29, 0.717) is 10.6 Å². The summed E-state index contributed by atoms with van der Waals surface area (Å²) in [7, 11) is 0. The highest BCUT2D eigenvalue weighted by atomic mass is 35.5. The minimum Gasteiger partial charge on any atom is -0.444 e. The summed E-state index contributed by atoms with van der Waals surface area (Å²) in [5.74, 6) is 0. The van der Waals surface area contributed by atoms with Crippen molar-refractivity contribution in [2.75, 3.05) is 0 Å². The molecule has 0 spiro atoms. The fraction of sp³-hybridized carbons (Fsp3) is 0.385. The Morgan fingerprint density at radius 1 is 1.44 bits per heavy atom. The third kappa shape index (κ3) is 4.27. The second kappa shape index (κ2) is 5.74. The van der Waals surface area contributed by atoms with Gasteiger partial charge in [-0.1, -0.05) is 29.8 Å². The van der Waals surface area contributed by atoms with Crippen LogP contribution in [0.5, 0.6) is 0 Å². The molecule has 18 heavy (non-hydrogen) atoms. The van der Waals surface area contributed by atoms with Gasteiger partial charge in [0.05, 0.1) is 6.07 Å². The molecule has 0 aromatic heterocycles. The Labute approximate surface area is 112 Å². The number of hydrogen-bond donors (Lipinski definition) is 1. The molecule has 96 valence electrons. The Balaban J connectivity index is 2.79. The molecule has 0 aliphatic rings. The van der Waals surface area contributed by atoms with Crippen LogP contribution in [-0.4, -0.2) is 11.7 Å². The predicted molar refractivity (Wildman–Crippen MR) is 69.2 cm³/mol. The molecule has 0 aliphatic heterocycles. The summed E-state index contributed by atoms with van der Waals surface area (Å²) in [6, 6.07) is 8.02.